The lowest BCUT2D eigenvalue weighted by Gasteiger charge is -2.27. The fraction of sp³-hybridized carbons (Fsp3) is 0.342. The second-order valence-electron chi connectivity index (χ2n) is 13.3. The van der Waals surface area contributed by atoms with Crippen LogP contribution in [0.1, 0.15) is 30.0 Å². The first-order valence-electron chi connectivity index (χ1n) is 17.2. The van der Waals surface area contributed by atoms with Gasteiger partial charge in [0.15, 0.2) is 0 Å². The molecule has 1 aliphatic heterocycles. The fourth-order valence-corrected chi connectivity index (χ4v) is 8.30. The maximum atomic E-state index is 13.2. The minimum Gasteiger partial charge on any atom is -0.481 e. The zero-order valence-electron chi connectivity index (χ0n) is 29.1. The van der Waals surface area contributed by atoms with Gasteiger partial charge in [-0.15, -0.1) is 0 Å². The molecule has 2 aliphatic rings. The molecule has 1 fully saturated rings. The fourth-order valence-electron chi connectivity index (χ4n) is 7.70. The molecule has 1 aliphatic carbocycles. The third-order valence-electron chi connectivity index (χ3n) is 10.3. The Kier molecular flexibility index (Phi) is 10.1. The summed E-state index contributed by atoms with van der Waals surface area (Å²) in [6.45, 7) is 2.72. The lowest BCUT2D eigenvalue weighted by molar-refractivity contribution is -0.119. The molecule has 2 atom stereocenters. The molecular weight excluding hydrogens is 705 g/mol. The van der Waals surface area contributed by atoms with Gasteiger partial charge in [-0.3, -0.25) is 23.6 Å². The van der Waals surface area contributed by atoms with Crippen LogP contribution in [0.2, 0.25) is 10.0 Å². The molecule has 3 aromatic heterocycles. The van der Waals surface area contributed by atoms with Crippen molar-refractivity contribution in [1.29, 1.82) is 0 Å². The van der Waals surface area contributed by atoms with Gasteiger partial charge < -0.3 is 20.1 Å². The van der Waals surface area contributed by atoms with Crippen molar-refractivity contribution in [1.82, 2.24) is 28.9 Å². The molecule has 14 heteroatoms. The number of aliphatic hydroxyl groups is 1. The topological polar surface area (TPSA) is 135 Å². The minimum atomic E-state index is -0.467. The number of amides is 1. The summed E-state index contributed by atoms with van der Waals surface area (Å²) in [6, 6.07) is 15.1. The summed E-state index contributed by atoms with van der Waals surface area (Å²) in [5.74, 6) is 1.19. The number of anilines is 2. The Balaban J connectivity index is 1.19. The zero-order chi connectivity index (χ0) is 36.7. The maximum Gasteiger partial charge on any atom is 0.330 e. The summed E-state index contributed by atoms with van der Waals surface area (Å²) >= 11 is 14.2. The number of pyridine rings is 2. The molecule has 1 saturated heterocycles. The first-order valence-corrected chi connectivity index (χ1v) is 17.9. The van der Waals surface area contributed by atoms with Gasteiger partial charge in [0.25, 0.3) is 5.56 Å². The van der Waals surface area contributed by atoms with E-state index in [2.05, 4.69) is 21.3 Å². The van der Waals surface area contributed by atoms with Crippen molar-refractivity contribution in [2.45, 2.75) is 25.3 Å². The highest BCUT2D eigenvalue weighted by molar-refractivity contribution is 6.39. The van der Waals surface area contributed by atoms with Crippen molar-refractivity contribution in [3.05, 3.63) is 96.7 Å². The first kappa shape index (κ1) is 35.6. The van der Waals surface area contributed by atoms with Gasteiger partial charge >= 0.3 is 5.69 Å². The van der Waals surface area contributed by atoms with E-state index in [1.807, 2.05) is 30.3 Å². The minimum absolute atomic E-state index is 0.0439. The van der Waals surface area contributed by atoms with Crippen molar-refractivity contribution in [2.75, 3.05) is 45.2 Å². The first-order chi connectivity index (χ1) is 25.1. The SMILES string of the molecule is COc1nc(-c2cccc(-c3cccc(Nc4nccc5c4c(=O)n(C)c(=O)n5C)c3Cl)c2Cl)cc2c1[C@@H](N1CCC(CN(C=O)CCO)C1)CC2. The van der Waals surface area contributed by atoms with E-state index in [9.17, 15) is 19.5 Å². The average Bonchev–Trinajstić information content (AvgIpc) is 3.80. The molecule has 2 N–H and O–H groups in total. The highest BCUT2D eigenvalue weighted by Crippen LogP contribution is 2.46. The summed E-state index contributed by atoms with van der Waals surface area (Å²) in [6.07, 6.45) is 5.14. The van der Waals surface area contributed by atoms with Gasteiger partial charge in [-0.05, 0) is 55.5 Å². The van der Waals surface area contributed by atoms with E-state index < -0.39 is 11.2 Å². The van der Waals surface area contributed by atoms with Gasteiger partial charge in [0.1, 0.15) is 11.2 Å². The molecule has 5 aromatic rings. The number of aromatic nitrogens is 4. The molecule has 12 nitrogen and oxygen atoms in total. The summed E-state index contributed by atoms with van der Waals surface area (Å²) in [7, 11) is 4.68. The lowest BCUT2D eigenvalue weighted by atomic mass is 9.99. The predicted molar refractivity (Wildman–Crippen MR) is 203 cm³/mol. The van der Waals surface area contributed by atoms with Crippen molar-refractivity contribution >= 4 is 52.0 Å². The number of carbonyl (C=O) groups is 1. The molecule has 270 valence electrons. The normalized spacial score (nSPS) is 17.0. The Morgan fingerprint density at radius 1 is 1.04 bits per heavy atom. The van der Waals surface area contributed by atoms with Crippen LogP contribution in [0.25, 0.3) is 33.3 Å². The monoisotopic (exact) mass is 743 g/mol. The average molecular weight is 745 g/mol. The molecule has 4 heterocycles. The number of likely N-dealkylation sites (tertiary alicyclic amines) is 1. The van der Waals surface area contributed by atoms with Crippen molar-refractivity contribution in [3.63, 3.8) is 0 Å². The highest BCUT2D eigenvalue weighted by atomic mass is 35.5. The summed E-state index contributed by atoms with van der Waals surface area (Å²) in [5.41, 5.74) is 5.12. The van der Waals surface area contributed by atoms with Crippen LogP contribution in [0.15, 0.2) is 64.3 Å². The van der Waals surface area contributed by atoms with Crippen LogP contribution in [-0.4, -0.2) is 80.3 Å². The van der Waals surface area contributed by atoms with Crippen LogP contribution in [0.5, 0.6) is 5.88 Å². The third-order valence-corrected chi connectivity index (χ3v) is 11.1. The molecule has 0 radical (unpaired) electrons. The molecule has 2 aromatic carbocycles. The third kappa shape index (κ3) is 6.34. The number of rotatable bonds is 11. The number of halogens is 2. The molecule has 0 saturated carbocycles. The molecule has 7 rings (SSSR count). The number of nitrogens with one attached hydrogen (secondary N) is 1. The van der Waals surface area contributed by atoms with Crippen molar-refractivity contribution < 1.29 is 14.6 Å². The molecule has 1 unspecified atom stereocenters. The Morgan fingerprint density at radius 2 is 1.79 bits per heavy atom. The van der Waals surface area contributed by atoms with Gasteiger partial charge in [-0.25, -0.2) is 14.8 Å². The number of ether oxygens (including phenoxy) is 1. The van der Waals surface area contributed by atoms with E-state index in [1.165, 1.54) is 23.4 Å². The van der Waals surface area contributed by atoms with Crippen LogP contribution < -0.4 is 21.3 Å². The largest absolute Gasteiger partial charge is 0.481 e. The summed E-state index contributed by atoms with van der Waals surface area (Å²) in [5, 5.41) is 13.6. The Hall–Kier alpha value is -4.75. The number of fused-ring (bicyclic) bond motifs is 2. The molecular formula is C38H39Cl2N7O5. The van der Waals surface area contributed by atoms with Crippen LogP contribution >= 0.6 is 23.2 Å². The van der Waals surface area contributed by atoms with E-state index in [-0.39, 0.29) is 23.9 Å². The molecule has 52 heavy (non-hydrogen) atoms. The van der Waals surface area contributed by atoms with Gasteiger partial charge in [0.05, 0.1) is 40.7 Å². The number of nitrogens with zero attached hydrogens (tertiary/aromatic N) is 6. The van der Waals surface area contributed by atoms with Crippen molar-refractivity contribution in [2.24, 2.45) is 20.0 Å². The Labute approximate surface area is 310 Å². The number of hydrogen-bond donors (Lipinski definition) is 2. The number of hydrogen-bond acceptors (Lipinski definition) is 9. The van der Waals surface area contributed by atoms with E-state index in [1.54, 1.807) is 31.2 Å². The highest BCUT2D eigenvalue weighted by Gasteiger charge is 2.37. The van der Waals surface area contributed by atoms with Crippen LogP contribution in [-0.2, 0) is 25.3 Å². The smallest absolute Gasteiger partial charge is 0.330 e. The quantitative estimate of drug-likeness (QED) is 0.176. The van der Waals surface area contributed by atoms with E-state index in [4.69, 9.17) is 32.9 Å². The number of aryl methyl sites for hydroxylation is 2. The van der Waals surface area contributed by atoms with E-state index in [0.29, 0.717) is 63.0 Å². The molecule has 1 amide bonds. The Bertz CT molecular complexity index is 2310. The lowest BCUT2D eigenvalue weighted by Crippen LogP contribution is -2.37. The van der Waals surface area contributed by atoms with E-state index in [0.717, 1.165) is 54.5 Å². The second-order valence-corrected chi connectivity index (χ2v) is 14.1. The van der Waals surface area contributed by atoms with Gasteiger partial charge in [0.2, 0.25) is 12.3 Å². The number of aliphatic hydroxyl groups excluding tert-OH is 1. The maximum absolute atomic E-state index is 13.2. The van der Waals surface area contributed by atoms with Crippen LogP contribution in [0, 0.1) is 5.92 Å². The Morgan fingerprint density at radius 3 is 2.54 bits per heavy atom. The zero-order valence-corrected chi connectivity index (χ0v) is 30.6. The van der Waals surface area contributed by atoms with E-state index >= 15 is 0 Å². The number of benzene rings is 2. The molecule has 0 spiro atoms. The predicted octanol–water partition coefficient (Wildman–Crippen LogP) is 5.18. The van der Waals surface area contributed by atoms with Crippen molar-refractivity contribution in [3.8, 4) is 28.3 Å². The summed E-state index contributed by atoms with van der Waals surface area (Å²) in [4.78, 5) is 50.7. The van der Waals surface area contributed by atoms with Gasteiger partial charge in [-0.2, -0.15) is 0 Å². The standard InChI is InChI=1S/C38H39Cl2N7O5/c1-44-29-12-14-41-35(32(29)37(50)45(2)38(44)51)42-27-9-5-7-25(34(27)40)24-6-4-8-26(33(24)39)28-18-23-10-11-30(31(23)36(43-28)52-3)47-15-13-22(20-47)19-46(21-49)16-17-48/h4-9,12,14,18,21-22,30,48H,10-11,13,15-17,19-20H2,1-3H3,(H,41,42)/t22?,30-/m0/s1. The van der Waals surface area contributed by atoms with Crippen LogP contribution in [0.3, 0.4) is 0 Å². The van der Waals surface area contributed by atoms with Crippen LogP contribution in [0.4, 0.5) is 11.5 Å². The summed E-state index contributed by atoms with van der Waals surface area (Å²) < 4.78 is 8.37. The number of carbonyl (C=O) groups excluding carboxylic acids is 1. The molecule has 0 bridgehead atoms. The second kappa shape index (κ2) is 14.7. The van der Waals surface area contributed by atoms with Gasteiger partial charge in [-0.1, -0.05) is 53.5 Å². The number of methoxy groups -OCH3 is 1. The van der Waals surface area contributed by atoms with Gasteiger partial charge in [0, 0.05) is 68.2 Å².